The van der Waals surface area contributed by atoms with Gasteiger partial charge in [-0.1, -0.05) is 17.7 Å². The van der Waals surface area contributed by atoms with E-state index in [1.165, 1.54) is 12.1 Å². The Hall–Kier alpha value is -0.560. The molecule has 1 N–H and O–H groups in total. The summed E-state index contributed by atoms with van der Waals surface area (Å²) >= 11 is 5.68. The van der Waals surface area contributed by atoms with E-state index in [0.717, 1.165) is 6.07 Å². The van der Waals surface area contributed by atoms with Crippen molar-refractivity contribution in [2.24, 2.45) is 0 Å². The number of alkyl halides is 3. The Morgan fingerprint density at radius 3 is 2.38 bits per heavy atom. The molecule has 8 heteroatoms. The lowest BCUT2D eigenvalue weighted by Crippen LogP contribution is -2.46. The summed E-state index contributed by atoms with van der Waals surface area (Å²) in [5.74, 6) is -0.624. The second-order valence-corrected chi connectivity index (χ2v) is 5.20. The Bertz CT molecular complexity index is 462. The predicted molar refractivity (Wildman–Crippen MR) is 76.5 cm³/mol. The van der Waals surface area contributed by atoms with Crippen molar-refractivity contribution in [3.05, 3.63) is 34.6 Å². The van der Waals surface area contributed by atoms with E-state index in [-0.39, 0.29) is 17.4 Å². The minimum absolute atomic E-state index is 0. The molecule has 1 heterocycles. The van der Waals surface area contributed by atoms with Crippen LogP contribution in [0, 0.1) is 5.82 Å². The zero-order valence-corrected chi connectivity index (χ0v) is 12.7. The molecule has 0 radical (unpaired) electrons. The Kier molecular flexibility index (Phi) is 6.71. The predicted octanol–water partition coefficient (Wildman–Crippen LogP) is 3.80. The van der Waals surface area contributed by atoms with Crippen LogP contribution in [-0.4, -0.2) is 37.3 Å². The number of nitrogens with zero attached hydrogens (tertiary/aromatic N) is 1. The fraction of sp³-hybridized carbons (Fsp3) is 0.538. The third kappa shape index (κ3) is 5.29. The van der Waals surface area contributed by atoms with Gasteiger partial charge in [-0.3, -0.25) is 4.90 Å². The lowest BCUT2D eigenvalue weighted by Gasteiger charge is -2.35. The monoisotopic (exact) mass is 346 g/mol. The highest BCUT2D eigenvalue weighted by molar-refractivity contribution is 6.30. The number of benzene rings is 1. The average Bonchev–Trinajstić information content (AvgIpc) is 2.39. The molecule has 0 unspecified atom stereocenters. The van der Waals surface area contributed by atoms with Crippen molar-refractivity contribution < 1.29 is 17.6 Å². The van der Waals surface area contributed by atoms with Gasteiger partial charge in [-0.05, 0) is 17.7 Å². The molecule has 1 fully saturated rings. The van der Waals surface area contributed by atoms with Gasteiger partial charge in [0.2, 0.25) is 0 Å². The van der Waals surface area contributed by atoms with Crippen molar-refractivity contribution in [2.75, 3.05) is 26.2 Å². The SMILES string of the molecule is Cl.Fc1ccc([C@H](CC(F)(F)F)N2CCNCC2)cc1Cl. The van der Waals surface area contributed by atoms with Gasteiger partial charge in [-0.25, -0.2) is 4.39 Å². The zero-order valence-electron chi connectivity index (χ0n) is 11.1. The molecule has 1 aromatic rings. The van der Waals surface area contributed by atoms with E-state index in [0.29, 0.717) is 31.7 Å². The van der Waals surface area contributed by atoms with Crippen LogP contribution in [0.5, 0.6) is 0 Å². The molecule has 0 aromatic heterocycles. The molecule has 1 aliphatic rings. The van der Waals surface area contributed by atoms with E-state index >= 15 is 0 Å². The fourth-order valence-corrected chi connectivity index (χ4v) is 2.58. The molecular weight excluding hydrogens is 331 g/mol. The van der Waals surface area contributed by atoms with Gasteiger partial charge in [0, 0.05) is 32.2 Å². The first kappa shape index (κ1) is 18.5. The van der Waals surface area contributed by atoms with Crippen molar-refractivity contribution in [3.63, 3.8) is 0 Å². The Morgan fingerprint density at radius 2 is 1.86 bits per heavy atom. The second kappa shape index (κ2) is 7.63. The van der Waals surface area contributed by atoms with Crippen molar-refractivity contribution in [2.45, 2.75) is 18.6 Å². The fourth-order valence-electron chi connectivity index (χ4n) is 2.39. The maximum Gasteiger partial charge on any atom is 0.390 e. The number of halogens is 6. The Labute approximate surface area is 131 Å². The van der Waals surface area contributed by atoms with Crippen LogP contribution >= 0.6 is 24.0 Å². The van der Waals surface area contributed by atoms with Crippen LogP contribution in [0.2, 0.25) is 5.02 Å². The molecule has 1 atom stereocenters. The van der Waals surface area contributed by atoms with E-state index in [1.807, 2.05) is 0 Å². The van der Waals surface area contributed by atoms with E-state index in [9.17, 15) is 17.6 Å². The van der Waals surface area contributed by atoms with E-state index in [4.69, 9.17) is 11.6 Å². The minimum atomic E-state index is -4.28. The van der Waals surface area contributed by atoms with Gasteiger partial charge in [0.1, 0.15) is 5.82 Å². The summed E-state index contributed by atoms with van der Waals surface area (Å²) in [5.41, 5.74) is 0.399. The molecule has 2 nitrogen and oxygen atoms in total. The lowest BCUT2D eigenvalue weighted by atomic mass is 10.0. The van der Waals surface area contributed by atoms with Crippen molar-refractivity contribution in [1.29, 1.82) is 0 Å². The largest absolute Gasteiger partial charge is 0.390 e. The molecule has 0 saturated carbocycles. The molecular formula is C13H16Cl2F4N2. The summed E-state index contributed by atoms with van der Waals surface area (Å²) in [5, 5.41) is 2.95. The van der Waals surface area contributed by atoms with Gasteiger partial charge in [0.25, 0.3) is 0 Å². The van der Waals surface area contributed by atoms with Crippen molar-refractivity contribution >= 4 is 24.0 Å². The summed E-state index contributed by atoms with van der Waals surface area (Å²) in [7, 11) is 0. The van der Waals surface area contributed by atoms with Crippen LogP contribution < -0.4 is 5.32 Å². The first-order valence-corrected chi connectivity index (χ1v) is 6.71. The Morgan fingerprint density at radius 1 is 1.24 bits per heavy atom. The highest BCUT2D eigenvalue weighted by Gasteiger charge is 2.36. The third-order valence-electron chi connectivity index (χ3n) is 3.35. The molecule has 120 valence electrons. The van der Waals surface area contributed by atoms with Crippen LogP contribution in [0.3, 0.4) is 0 Å². The van der Waals surface area contributed by atoms with E-state index < -0.39 is 24.5 Å². The van der Waals surface area contributed by atoms with Gasteiger partial charge < -0.3 is 5.32 Å². The second-order valence-electron chi connectivity index (χ2n) is 4.79. The number of hydrogen-bond donors (Lipinski definition) is 1. The van der Waals surface area contributed by atoms with Gasteiger partial charge >= 0.3 is 6.18 Å². The molecule has 21 heavy (non-hydrogen) atoms. The van der Waals surface area contributed by atoms with Gasteiger partial charge in [-0.2, -0.15) is 13.2 Å². The van der Waals surface area contributed by atoms with E-state index in [1.54, 1.807) is 4.90 Å². The van der Waals surface area contributed by atoms with Gasteiger partial charge in [0.05, 0.1) is 11.4 Å². The third-order valence-corrected chi connectivity index (χ3v) is 3.64. The topological polar surface area (TPSA) is 15.3 Å². The zero-order chi connectivity index (χ0) is 14.8. The van der Waals surface area contributed by atoms with Crippen molar-refractivity contribution in [3.8, 4) is 0 Å². The normalized spacial score (nSPS) is 18.1. The van der Waals surface area contributed by atoms with Gasteiger partial charge in [0.15, 0.2) is 0 Å². The summed E-state index contributed by atoms with van der Waals surface area (Å²) in [4.78, 5) is 1.76. The van der Waals surface area contributed by atoms with Crippen LogP contribution in [0.25, 0.3) is 0 Å². The first-order chi connectivity index (χ1) is 9.37. The van der Waals surface area contributed by atoms with Crippen LogP contribution in [-0.2, 0) is 0 Å². The maximum atomic E-state index is 13.2. The molecule has 0 bridgehead atoms. The molecule has 1 aromatic carbocycles. The molecule has 2 rings (SSSR count). The van der Waals surface area contributed by atoms with Crippen LogP contribution in [0.1, 0.15) is 18.0 Å². The lowest BCUT2D eigenvalue weighted by molar-refractivity contribution is -0.148. The molecule has 0 spiro atoms. The summed E-state index contributed by atoms with van der Waals surface area (Å²) in [6.07, 6.45) is -5.24. The molecule has 0 amide bonds. The highest BCUT2D eigenvalue weighted by atomic mass is 35.5. The molecule has 1 saturated heterocycles. The number of nitrogens with one attached hydrogen (secondary N) is 1. The quantitative estimate of drug-likeness (QED) is 0.837. The summed E-state index contributed by atoms with van der Waals surface area (Å²) in [6, 6.07) is 2.95. The maximum absolute atomic E-state index is 13.2. The number of hydrogen-bond acceptors (Lipinski definition) is 2. The molecule has 1 aliphatic heterocycles. The number of piperazine rings is 1. The average molecular weight is 347 g/mol. The highest BCUT2D eigenvalue weighted by Crippen LogP contribution is 2.35. The van der Waals surface area contributed by atoms with Crippen molar-refractivity contribution in [1.82, 2.24) is 10.2 Å². The molecule has 0 aliphatic carbocycles. The summed E-state index contributed by atoms with van der Waals surface area (Å²) in [6.45, 7) is 2.33. The van der Waals surface area contributed by atoms with Crippen LogP contribution in [0.4, 0.5) is 17.6 Å². The summed E-state index contributed by atoms with van der Waals surface area (Å²) < 4.78 is 51.5. The first-order valence-electron chi connectivity index (χ1n) is 6.33. The van der Waals surface area contributed by atoms with E-state index in [2.05, 4.69) is 5.32 Å². The Balaban J connectivity index is 0.00000220. The number of rotatable bonds is 3. The van der Waals surface area contributed by atoms with Gasteiger partial charge in [-0.15, -0.1) is 12.4 Å². The standard InChI is InChI=1S/C13H15ClF4N2.ClH/c14-10-7-9(1-2-11(10)15)12(8-13(16,17)18)20-5-3-19-4-6-20;/h1-2,7,12,19H,3-6,8H2;1H/t12-;/m0./s1. The minimum Gasteiger partial charge on any atom is -0.314 e. The smallest absolute Gasteiger partial charge is 0.314 e. The van der Waals surface area contributed by atoms with Crippen LogP contribution in [0.15, 0.2) is 18.2 Å².